The van der Waals surface area contributed by atoms with Gasteiger partial charge in [-0.1, -0.05) is 32.4 Å². The summed E-state index contributed by atoms with van der Waals surface area (Å²) in [4.78, 5) is 12.1. The second-order valence-electron chi connectivity index (χ2n) is 5.10. The van der Waals surface area contributed by atoms with E-state index in [2.05, 4.69) is 17.4 Å². The normalized spacial score (nSPS) is 18.8. The van der Waals surface area contributed by atoms with Gasteiger partial charge < -0.3 is 11.1 Å². The molecule has 1 saturated heterocycles. The van der Waals surface area contributed by atoms with Crippen molar-refractivity contribution in [2.75, 3.05) is 16.8 Å². The Morgan fingerprint density at radius 1 is 1.45 bits per heavy atom. The lowest BCUT2D eigenvalue weighted by Gasteiger charge is -2.18. The molecule has 1 fully saturated rings. The molecule has 2 atom stereocenters. The average molecular weight is 310 g/mol. The molecule has 1 aromatic carbocycles. The number of thioether (sulfide) groups is 2. The highest BCUT2D eigenvalue weighted by atomic mass is 32.2. The number of hydrogen-bond donors (Lipinski definition) is 2. The van der Waals surface area contributed by atoms with Crippen molar-refractivity contribution in [1.82, 2.24) is 0 Å². The molecule has 3 nitrogen and oxygen atoms in total. The fourth-order valence-corrected chi connectivity index (χ4v) is 4.89. The molecule has 0 saturated carbocycles. The first kappa shape index (κ1) is 15.7. The minimum absolute atomic E-state index is 0.0942. The predicted molar refractivity (Wildman–Crippen MR) is 90.2 cm³/mol. The average Bonchev–Trinajstić information content (AvgIpc) is 3.00. The second-order valence-corrected chi connectivity index (χ2v) is 7.82. The molecule has 2 unspecified atom stereocenters. The van der Waals surface area contributed by atoms with Gasteiger partial charge in [0.25, 0.3) is 0 Å². The van der Waals surface area contributed by atoms with Gasteiger partial charge in [-0.2, -0.15) is 0 Å². The van der Waals surface area contributed by atoms with E-state index in [0.29, 0.717) is 4.58 Å². The van der Waals surface area contributed by atoms with Gasteiger partial charge in [-0.25, -0.2) is 0 Å². The Morgan fingerprint density at radius 3 is 2.80 bits per heavy atom. The number of hydrogen-bond acceptors (Lipinski definition) is 4. The Balaban J connectivity index is 2.02. The van der Waals surface area contributed by atoms with Crippen LogP contribution in [0.4, 0.5) is 5.69 Å². The van der Waals surface area contributed by atoms with Gasteiger partial charge in [0, 0.05) is 17.2 Å². The van der Waals surface area contributed by atoms with Crippen molar-refractivity contribution < 1.29 is 4.79 Å². The van der Waals surface area contributed by atoms with Gasteiger partial charge in [0.2, 0.25) is 5.91 Å². The molecular formula is C15H22N2OS2. The number of carbonyl (C=O) groups is 1. The molecule has 1 aliphatic rings. The van der Waals surface area contributed by atoms with Crippen molar-refractivity contribution >= 4 is 35.1 Å². The van der Waals surface area contributed by atoms with Gasteiger partial charge >= 0.3 is 0 Å². The summed E-state index contributed by atoms with van der Waals surface area (Å²) >= 11 is 3.93. The Hall–Kier alpha value is -0.650. The third-order valence-electron chi connectivity index (χ3n) is 3.61. The number of amides is 1. The van der Waals surface area contributed by atoms with Gasteiger partial charge in [0.15, 0.2) is 0 Å². The zero-order valence-corrected chi connectivity index (χ0v) is 13.6. The summed E-state index contributed by atoms with van der Waals surface area (Å²) in [6.45, 7) is 4.06. The predicted octanol–water partition coefficient (Wildman–Crippen LogP) is 3.48. The third-order valence-corrected chi connectivity index (χ3v) is 6.71. The third kappa shape index (κ3) is 3.93. The SMILES string of the molecule is CCC(C)C(N)C(=O)Nc1cccc(C2SCCS2)c1. The van der Waals surface area contributed by atoms with Crippen LogP contribution in [0.2, 0.25) is 0 Å². The van der Waals surface area contributed by atoms with Crippen LogP contribution in [-0.4, -0.2) is 23.5 Å². The first-order valence-corrected chi connectivity index (χ1v) is 9.11. The Bertz CT molecular complexity index is 461. The summed E-state index contributed by atoms with van der Waals surface area (Å²) in [5.74, 6) is 2.50. The molecule has 2 rings (SSSR count). The quantitative estimate of drug-likeness (QED) is 0.874. The second kappa shape index (κ2) is 7.38. The highest BCUT2D eigenvalue weighted by Crippen LogP contribution is 2.45. The number of rotatable bonds is 5. The van der Waals surface area contributed by atoms with Gasteiger partial charge in [-0.3, -0.25) is 4.79 Å². The van der Waals surface area contributed by atoms with E-state index in [4.69, 9.17) is 5.73 Å². The van der Waals surface area contributed by atoms with Crippen molar-refractivity contribution in [3.05, 3.63) is 29.8 Å². The van der Waals surface area contributed by atoms with Crippen LogP contribution in [0.3, 0.4) is 0 Å². The van der Waals surface area contributed by atoms with E-state index >= 15 is 0 Å². The maximum atomic E-state index is 12.1. The number of nitrogens with one attached hydrogen (secondary N) is 1. The number of nitrogens with two attached hydrogens (primary N) is 1. The number of anilines is 1. The fraction of sp³-hybridized carbons (Fsp3) is 0.533. The summed E-state index contributed by atoms with van der Waals surface area (Å²) in [7, 11) is 0. The van der Waals surface area contributed by atoms with Crippen molar-refractivity contribution in [3.8, 4) is 0 Å². The lowest BCUT2D eigenvalue weighted by atomic mass is 9.99. The molecule has 20 heavy (non-hydrogen) atoms. The molecule has 0 radical (unpaired) electrons. The van der Waals surface area contributed by atoms with Crippen molar-refractivity contribution in [1.29, 1.82) is 0 Å². The summed E-state index contributed by atoms with van der Waals surface area (Å²) < 4.78 is 0.495. The smallest absolute Gasteiger partial charge is 0.241 e. The van der Waals surface area contributed by atoms with Crippen LogP contribution in [0.1, 0.15) is 30.4 Å². The van der Waals surface area contributed by atoms with Crippen LogP contribution < -0.4 is 11.1 Å². The molecule has 0 aromatic heterocycles. The Kier molecular flexibility index (Phi) is 5.81. The summed E-state index contributed by atoms with van der Waals surface area (Å²) in [6.07, 6.45) is 0.907. The molecule has 0 spiro atoms. The molecule has 1 aliphatic heterocycles. The Morgan fingerprint density at radius 2 is 2.15 bits per heavy atom. The standard InChI is InChI=1S/C15H22N2OS2/c1-3-10(2)13(16)14(18)17-12-6-4-5-11(9-12)15-19-7-8-20-15/h4-6,9-10,13,15H,3,7-8,16H2,1-2H3,(H,17,18). The minimum Gasteiger partial charge on any atom is -0.325 e. The first-order chi connectivity index (χ1) is 9.61. The molecule has 0 bridgehead atoms. The largest absolute Gasteiger partial charge is 0.325 e. The van der Waals surface area contributed by atoms with Crippen LogP contribution in [0.15, 0.2) is 24.3 Å². The molecule has 3 N–H and O–H groups in total. The zero-order valence-electron chi connectivity index (χ0n) is 12.0. The van der Waals surface area contributed by atoms with Crippen molar-refractivity contribution in [3.63, 3.8) is 0 Å². The van der Waals surface area contributed by atoms with Gasteiger partial charge in [-0.15, -0.1) is 23.5 Å². The van der Waals surface area contributed by atoms with Crippen LogP contribution in [0.25, 0.3) is 0 Å². The summed E-state index contributed by atoms with van der Waals surface area (Å²) in [5, 5.41) is 2.94. The van der Waals surface area contributed by atoms with Crippen LogP contribution in [0.5, 0.6) is 0 Å². The van der Waals surface area contributed by atoms with E-state index in [0.717, 1.165) is 12.1 Å². The van der Waals surface area contributed by atoms with E-state index < -0.39 is 6.04 Å². The maximum absolute atomic E-state index is 12.1. The molecule has 1 aromatic rings. The van der Waals surface area contributed by atoms with Gasteiger partial charge in [0.1, 0.15) is 0 Å². The van der Waals surface area contributed by atoms with E-state index in [1.165, 1.54) is 17.1 Å². The van der Waals surface area contributed by atoms with Crippen molar-refractivity contribution in [2.24, 2.45) is 11.7 Å². The van der Waals surface area contributed by atoms with E-state index in [9.17, 15) is 4.79 Å². The van der Waals surface area contributed by atoms with Gasteiger partial charge in [0.05, 0.1) is 10.6 Å². The molecule has 0 aliphatic carbocycles. The fourth-order valence-electron chi connectivity index (χ4n) is 2.05. The lowest BCUT2D eigenvalue weighted by molar-refractivity contribution is -0.118. The van der Waals surface area contributed by atoms with Crippen LogP contribution >= 0.6 is 23.5 Å². The van der Waals surface area contributed by atoms with Crippen LogP contribution in [0, 0.1) is 5.92 Å². The monoisotopic (exact) mass is 310 g/mol. The molecule has 5 heteroatoms. The summed E-state index contributed by atoms with van der Waals surface area (Å²) in [5.41, 5.74) is 8.08. The maximum Gasteiger partial charge on any atom is 0.241 e. The molecule has 1 heterocycles. The zero-order chi connectivity index (χ0) is 14.5. The molecule has 110 valence electrons. The summed E-state index contributed by atoms with van der Waals surface area (Å²) in [6, 6.07) is 7.67. The van der Waals surface area contributed by atoms with E-state index in [1.54, 1.807) is 0 Å². The van der Waals surface area contributed by atoms with Crippen molar-refractivity contribution in [2.45, 2.75) is 30.9 Å². The number of carbonyl (C=O) groups excluding carboxylic acids is 1. The Labute approximate surface area is 129 Å². The van der Waals surface area contributed by atoms with E-state index in [-0.39, 0.29) is 11.8 Å². The highest BCUT2D eigenvalue weighted by Gasteiger charge is 2.21. The first-order valence-electron chi connectivity index (χ1n) is 7.01. The molecular weight excluding hydrogens is 288 g/mol. The van der Waals surface area contributed by atoms with Crippen LogP contribution in [-0.2, 0) is 4.79 Å². The van der Waals surface area contributed by atoms with Gasteiger partial charge in [-0.05, 0) is 23.6 Å². The number of benzene rings is 1. The van der Waals surface area contributed by atoms with E-state index in [1.807, 2.05) is 49.5 Å². The lowest BCUT2D eigenvalue weighted by Crippen LogP contribution is -2.40. The highest BCUT2D eigenvalue weighted by molar-refractivity contribution is 8.19. The molecule has 1 amide bonds. The topological polar surface area (TPSA) is 55.1 Å². The minimum atomic E-state index is -0.445.